The molecule has 0 radical (unpaired) electrons. The highest BCUT2D eigenvalue weighted by Crippen LogP contribution is 2.33. The van der Waals surface area contributed by atoms with Crippen molar-refractivity contribution >= 4 is 15.9 Å². The fourth-order valence-electron chi connectivity index (χ4n) is 2.84. The van der Waals surface area contributed by atoms with Crippen LogP contribution in [0.4, 0.5) is 0 Å². The first-order valence-corrected chi connectivity index (χ1v) is 7.75. The molecule has 1 saturated heterocycles. The average Bonchev–Trinajstić information content (AvgIpc) is 2.46. The van der Waals surface area contributed by atoms with Crippen LogP contribution in [0.15, 0.2) is 22.7 Å². The highest BCUT2D eigenvalue weighted by atomic mass is 79.9. The van der Waals surface area contributed by atoms with Crippen LogP contribution in [-0.2, 0) is 0 Å². The maximum absolute atomic E-state index is 5.50. The molecule has 0 spiro atoms. The van der Waals surface area contributed by atoms with Crippen molar-refractivity contribution in [3.63, 3.8) is 0 Å². The first-order chi connectivity index (χ1) is 9.24. The van der Waals surface area contributed by atoms with E-state index in [1.54, 1.807) is 7.11 Å². The molecule has 0 aromatic heterocycles. The van der Waals surface area contributed by atoms with Crippen molar-refractivity contribution in [2.75, 3.05) is 27.2 Å². The molecule has 1 heterocycles. The van der Waals surface area contributed by atoms with E-state index >= 15 is 0 Å². The number of methoxy groups -OCH3 is 1. The molecular formula is C15H23BrN2O. The highest BCUT2D eigenvalue weighted by molar-refractivity contribution is 9.10. The van der Waals surface area contributed by atoms with Crippen LogP contribution in [0.5, 0.6) is 5.75 Å². The fourth-order valence-corrected chi connectivity index (χ4v) is 3.22. The summed E-state index contributed by atoms with van der Waals surface area (Å²) < 4.78 is 6.60. The van der Waals surface area contributed by atoms with E-state index in [0.29, 0.717) is 6.04 Å². The highest BCUT2D eigenvalue weighted by Gasteiger charge is 2.21. The quantitative estimate of drug-likeness (QED) is 0.872. The zero-order valence-corrected chi connectivity index (χ0v) is 13.3. The maximum atomic E-state index is 5.50. The number of benzene rings is 1. The number of halogens is 1. The maximum Gasteiger partial charge on any atom is 0.123 e. The number of hydrogen-bond acceptors (Lipinski definition) is 3. The van der Waals surface area contributed by atoms with Gasteiger partial charge in [-0.3, -0.25) is 0 Å². The Morgan fingerprint density at radius 3 is 3.00 bits per heavy atom. The lowest BCUT2D eigenvalue weighted by Crippen LogP contribution is -2.32. The molecule has 2 unspecified atom stereocenters. The van der Waals surface area contributed by atoms with Crippen molar-refractivity contribution in [1.82, 2.24) is 10.6 Å². The third-order valence-corrected chi connectivity index (χ3v) is 4.38. The topological polar surface area (TPSA) is 33.3 Å². The second kappa shape index (κ2) is 7.27. The second-order valence-corrected chi connectivity index (χ2v) is 6.09. The Kier molecular flexibility index (Phi) is 5.67. The average molecular weight is 327 g/mol. The Hall–Kier alpha value is -0.580. The van der Waals surface area contributed by atoms with E-state index in [4.69, 9.17) is 4.74 Å². The van der Waals surface area contributed by atoms with Gasteiger partial charge < -0.3 is 15.4 Å². The van der Waals surface area contributed by atoms with Gasteiger partial charge in [-0.25, -0.2) is 0 Å². The van der Waals surface area contributed by atoms with Gasteiger partial charge in [0.1, 0.15) is 5.75 Å². The minimum Gasteiger partial charge on any atom is -0.496 e. The van der Waals surface area contributed by atoms with Gasteiger partial charge in [-0.2, -0.15) is 0 Å². The van der Waals surface area contributed by atoms with Crippen molar-refractivity contribution in [3.8, 4) is 5.75 Å². The van der Waals surface area contributed by atoms with Gasteiger partial charge in [0.05, 0.1) is 7.11 Å². The molecule has 19 heavy (non-hydrogen) atoms. The third kappa shape index (κ3) is 3.94. The summed E-state index contributed by atoms with van der Waals surface area (Å²) in [5.74, 6) is 1.71. The van der Waals surface area contributed by atoms with E-state index < -0.39 is 0 Å². The summed E-state index contributed by atoms with van der Waals surface area (Å²) >= 11 is 3.55. The summed E-state index contributed by atoms with van der Waals surface area (Å²) in [6.07, 6.45) is 3.76. The molecule has 4 heteroatoms. The van der Waals surface area contributed by atoms with Crippen LogP contribution in [0.2, 0.25) is 0 Å². The molecule has 3 nitrogen and oxygen atoms in total. The fraction of sp³-hybridized carbons (Fsp3) is 0.600. The monoisotopic (exact) mass is 326 g/mol. The molecule has 1 aliphatic heterocycles. The van der Waals surface area contributed by atoms with Crippen molar-refractivity contribution in [2.24, 2.45) is 5.92 Å². The van der Waals surface area contributed by atoms with E-state index in [1.165, 1.54) is 24.9 Å². The predicted molar refractivity (Wildman–Crippen MR) is 82.7 cm³/mol. The summed E-state index contributed by atoms with van der Waals surface area (Å²) in [7, 11) is 3.77. The molecule has 2 atom stereocenters. The Labute approximate surface area is 124 Å². The molecule has 1 aromatic carbocycles. The van der Waals surface area contributed by atoms with Crippen LogP contribution < -0.4 is 15.4 Å². The Morgan fingerprint density at radius 1 is 1.53 bits per heavy atom. The molecule has 0 saturated carbocycles. The number of piperidine rings is 1. The number of hydrogen-bond donors (Lipinski definition) is 2. The van der Waals surface area contributed by atoms with Gasteiger partial charge in [0.15, 0.2) is 0 Å². The van der Waals surface area contributed by atoms with Crippen molar-refractivity contribution in [1.29, 1.82) is 0 Å². The van der Waals surface area contributed by atoms with Crippen LogP contribution in [-0.4, -0.2) is 27.2 Å². The Bertz CT molecular complexity index is 405. The van der Waals surface area contributed by atoms with Crippen LogP contribution in [0.1, 0.15) is 30.9 Å². The lowest BCUT2D eigenvalue weighted by molar-refractivity contribution is 0.316. The molecular weight excluding hydrogens is 304 g/mol. The first kappa shape index (κ1) is 14.8. The minimum absolute atomic E-state index is 0.345. The van der Waals surface area contributed by atoms with Gasteiger partial charge in [-0.1, -0.05) is 15.9 Å². The molecule has 0 amide bonds. The van der Waals surface area contributed by atoms with Gasteiger partial charge in [0.2, 0.25) is 0 Å². The molecule has 0 aliphatic carbocycles. The lowest BCUT2D eigenvalue weighted by Gasteiger charge is -2.28. The number of rotatable bonds is 5. The molecule has 2 rings (SSSR count). The van der Waals surface area contributed by atoms with Crippen molar-refractivity contribution < 1.29 is 4.74 Å². The number of ether oxygens (including phenoxy) is 1. The second-order valence-electron chi connectivity index (χ2n) is 5.18. The van der Waals surface area contributed by atoms with Crippen LogP contribution in [0.25, 0.3) is 0 Å². The molecule has 0 bridgehead atoms. The summed E-state index contributed by atoms with van der Waals surface area (Å²) in [6.45, 7) is 2.30. The van der Waals surface area contributed by atoms with Crippen LogP contribution >= 0.6 is 15.9 Å². The SMILES string of the molecule is CNC(CC1CCCNC1)c1cc(Br)ccc1OC. The molecule has 1 fully saturated rings. The zero-order valence-electron chi connectivity index (χ0n) is 11.7. The number of nitrogens with one attached hydrogen (secondary N) is 2. The third-order valence-electron chi connectivity index (χ3n) is 3.88. The summed E-state index contributed by atoms with van der Waals surface area (Å²) in [5.41, 5.74) is 1.24. The van der Waals surface area contributed by atoms with Gasteiger partial charge in [0.25, 0.3) is 0 Å². The minimum atomic E-state index is 0.345. The van der Waals surface area contributed by atoms with Gasteiger partial charge >= 0.3 is 0 Å². The Balaban J connectivity index is 2.13. The molecule has 2 N–H and O–H groups in total. The van der Waals surface area contributed by atoms with E-state index in [1.807, 2.05) is 19.2 Å². The van der Waals surface area contributed by atoms with E-state index in [9.17, 15) is 0 Å². The normalized spacial score (nSPS) is 21.1. The van der Waals surface area contributed by atoms with Crippen LogP contribution in [0.3, 0.4) is 0 Å². The van der Waals surface area contributed by atoms with E-state index in [0.717, 1.165) is 29.1 Å². The lowest BCUT2D eigenvalue weighted by atomic mass is 9.89. The zero-order chi connectivity index (χ0) is 13.7. The first-order valence-electron chi connectivity index (χ1n) is 6.96. The molecule has 106 valence electrons. The standard InChI is InChI=1S/C15H23BrN2O/c1-17-14(8-11-4-3-7-18-10-11)13-9-12(16)5-6-15(13)19-2/h5-6,9,11,14,17-18H,3-4,7-8,10H2,1-2H3. The summed E-state index contributed by atoms with van der Waals surface area (Å²) in [5, 5.41) is 6.93. The largest absolute Gasteiger partial charge is 0.496 e. The van der Waals surface area contributed by atoms with Crippen molar-refractivity contribution in [3.05, 3.63) is 28.2 Å². The van der Waals surface area contributed by atoms with E-state index in [2.05, 4.69) is 32.6 Å². The molecule has 1 aliphatic rings. The Morgan fingerprint density at radius 2 is 2.37 bits per heavy atom. The van der Waals surface area contributed by atoms with Gasteiger partial charge in [-0.15, -0.1) is 0 Å². The van der Waals surface area contributed by atoms with Crippen molar-refractivity contribution in [2.45, 2.75) is 25.3 Å². The summed E-state index contributed by atoms with van der Waals surface area (Å²) in [6, 6.07) is 6.56. The molecule has 1 aromatic rings. The van der Waals surface area contributed by atoms with E-state index in [-0.39, 0.29) is 0 Å². The predicted octanol–water partition coefficient (Wildman–Crippen LogP) is 3.11. The van der Waals surface area contributed by atoms with Gasteiger partial charge in [0, 0.05) is 16.1 Å². The van der Waals surface area contributed by atoms with Crippen LogP contribution in [0, 0.1) is 5.92 Å². The smallest absolute Gasteiger partial charge is 0.123 e. The van der Waals surface area contributed by atoms with Gasteiger partial charge in [-0.05, 0) is 63.5 Å². The summed E-state index contributed by atoms with van der Waals surface area (Å²) in [4.78, 5) is 0.